The van der Waals surface area contributed by atoms with Gasteiger partial charge in [-0.3, -0.25) is 4.79 Å². The lowest BCUT2D eigenvalue weighted by molar-refractivity contribution is 0.0984. The van der Waals surface area contributed by atoms with Gasteiger partial charge in [0, 0.05) is 12.6 Å². The normalized spacial score (nSPS) is 10.5. The third kappa shape index (κ3) is 3.08. The van der Waals surface area contributed by atoms with Crippen molar-refractivity contribution in [1.82, 2.24) is 0 Å². The molecule has 0 fully saturated rings. The van der Waals surface area contributed by atoms with Crippen LogP contribution in [0.1, 0.15) is 22.8 Å². The van der Waals surface area contributed by atoms with E-state index in [1.54, 1.807) is 31.2 Å². The van der Waals surface area contributed by atoms with Crippen LogP contribution in [0.15, 0.2) is 40.9 Å². The molecule has 0 aliphatic carbocycles. The Kier molecular flexibility index (Phi) is 4.63. The second kappa shape index (κ2) is 6.26. The van der Waals surface area contributed by atoms with E-state index < -0.39 is 11.7 Å². The molecule has 0 saturated carbocycles. The Morgan fingerprint density at radius 3 is 2.71 bits per heavy atom. The summed E-state index contributed by atoms with van der Waals surface area (Å²) in [5, 5.41) is 9.61. The standard InChI is InChI=1S/C16H15BrFNO2/c1-3-19(14-9-11(20)8-7-10(14)2)16(21)12-5-4-6-13(17)15(12)18/h4-9,20H,3H2,1-2H3. The number of aryl methyl sites for hydroxylation is 1. The van der Waals surface area contributed by atoms with Crippen LogP contribution in [0, 0.1) is 12.7 Å². The first kappa shape index (κ1) is 15.5. The van der Waals surface area contributed by atoms with E-state index in [1.165, 1.54) is 17.0 Å². The highest BCUT2D eigenvalue weighted by Gasteiger charge is 2.22. The van der Waals surface area contributed by atoms with Crippen LogP contribution in [-0.2, 0) is 0 Å². The number of nitrogens with zero attached hydrogens (tertiary/aromatic N) is 1. The van der Waals surface area contributed by atoms with E-state index in [1.807, 2.05) is 6.92 Å². The number of amides is 1. The van der Waals surface area contributed by atoms with Gasteiger partial charge in [0.2, 0.25) is 0 Å². The van der Waals surface area contributed by atoms with Crippen LogP contribution in [0.5, 0.6) is 5.75 Å². The Labute approximate surface area is 131 Å². The molecule has 3 nitrogen and oxygen atoms in total. The highest BCUT2D eigenvalue weighted by Crippen LogP contribution is 2.27. The summed E-state index contributed by atoms with van der Waals surface area (Å²) in [5.74, 6) is -0.958. The zero-order valence-corrected chi connectivity index (χ0v) is 13.3. The van der Waals surface area contributed by atoms with E-state index in [9.17, 15) is 14.3 Å². The van der Waals surface area contributed by atoms with Crippen molar-refractivity contribution < 1.29 is 14.3 Å². The van der Waals surface area contributed by atoms with Crippen LogP contribution >= 0.6 is 15.9 Å². The molecule has 110 valence electrons. The lowest BCUT2D eigenvalue weighted by Gasteiger charge is -2.23. The molecule has 0 saturated heterocycles. The van der Waals surface area contributed by atoms with Crippen molar-refractivity contribution in [3.05, 3.63) is 57.8 Å². The lowest BCUT2D eigenvalue weighted by Crippen LogP contribution is -2.32. The molecule has 0 heterocycles. The van der Waals surface area contributed by atoms with Crippen molar-refractivity contribution in [2.45, 2.75) is 13.8 Å². The highest BCUT2D eigenvalue weighted by atomic mass is 79.9. The van der Waals surface area contributed by atoms with Crippen LogP contribution in [0.4, 0.5) is 10.1 Å². The summed E-state index contributed by atoms with van der Waals surface area (Å²) in [4.78, 5) is 14.0. The first-order valence-corrected chi connectivity index (χ1v) is 7.30. The van der Waals surface area contributed by atoms with Crippen molar-refractivity contribution in [3.8, 4) is 5.75 Å². The van der Waals surface area contributed by atoms with Crippen molar-refractivity contribution in [2.75, 3.05) is 11.4 Å². The number of carbonyl (C=O) groups excluding carboxylic acids is 1. The molecule has 21 heavy (non-hydrogen) atoms. The minimum absolute atomic E-state index is 0.00559. The van der Waals surface area contributed by atoms with Gasteiger partial charge < -0.3 is 10.0 Å². The molecule has 2 rings (SSSR count). The minimum Gasteiger partial charge on any atom is -0.508 e. The SMILES string of the molecule is CCN(C(=O)c1cccc(Br)c1F)c1cc(O)ccc1C. The Hall–Kier alpha value is -1.88. The second-order valence-corrected chi connectivity index (χ2v) is 5.48. The molecular weight excluding hydrogens is 337 g/mol. The van der Waals surface area contributed by atoms with Crippen molar-refractivity contribution in [2.24, 2.45) is 0 Å². The predicted molar refractivity (Wildman–Crippen MR) is 84.3 cm³/mol. The minimum atomic E-state index is -0.584. The van der Waals surface area contributed by atoms with Crippen molar-refractivity contribution >= 4 is 27.5 Å². The van der Waals surface area contributed by atoms with Crippen molar-refractivity contribution in [3.63, 3.8) is 0 Å². The van der Waals surface area contributed by atoms with Gasteiger partial charge in [0.15, 0.2) is 0 Å². The smallest absolute Gasteiger partial charge is 0.261 e. The fraction of sp³-hybridized carbons (Fsp3) is 0.188. The molecule has 0 radical (unpaired) electrons. The van der Waals surface area contributed by atoms with Crippen molar-refractivity contribution in [1.29, 1.82) is 0 Å². The monoisotopic (exact) mass is 351 g/mol. The average Bonchev–Trinajstić information content (AvgIpc) is 2.46. The number of halogens is 2. The molecule has 1 amide bonds. The zero-order valence-electron chi connectivity index (χ0n) is 11.7. The van der Waals surface area contributed by atoms with Gasteiger partial charge in [-0.2, -0.15) is 0 Å². The molecule has 0 aliphatic heterocycles. The fourth-order valence-electron chi connectivity index (χ4n) is 2.13. The molecule has 5 heteroatoms. The fourth-order valence-corrected chi connectivity index (χ4v) is 2.49. The summed E-state index contributed by atoms with van der Waals surface area (Å²) in [6.45, 7) is 4.01. The quantitative estimate of drug-likeness (QED) is 0.896. The maximum absolute atomic E-state index is 14.1. The molecule has 1 N–H and O–H groups in total. The number of carbonyl (C=O) groups is 1. The van der Waals surface area contributed by atoms with E-state index in [0.29, 0.717) is 12.2 Å². The Morgan fingerprint density at radius 2 is 2.05 bits per heavy atom. The van der Waals surface area contributed by atoms with E-state index in [-0.39, 0.29) is 15.8 Å². The van der Waals surface area contributed by atoms with Gasteiger partial charge in [0.05, 0.1) is 15.7 Å². The summed E-state index contributed by atoms with van der Waals surface area (Å²) in [6, 6.07) is 9.39. The molecule has 0 bridgehead atoms. The maximum Gasteiger partial charge on any atom is 0.261 e. The lowest BCUT2D eigenvalue weighted by atomic mass is 10.1. The first-order chi connectivity index (χ1) is 9.95. The first-order valence-electron chi connectivity index (χ1n) is 6.51. The Balaban J connectivity index is 2.48. The summed E-state index contributed by atoms with van der Waals surface area (Å²) in [7, 11) is 0. The average molecular weight is 352 g/mol. The molecule has 0 aliphatic rings. The third-order valence-corrected chi connectivity index (χ3v) is 3.84. The summed E-state index contributed by atoms with van der Waals surface area (Å²) < 4.78 is 14.3. The van der Waals surface area contributed by atoms with Crippen LogP contribution in [0.2, 0.25) is 0 Å². The summed E-state index contributed by atoms with van der Waals surface area (Å²) in [6.07, 6.45) is 0. The number of benzene rings is 2. The van der Waals surface area contributed by atoms with Crippen LogP contribution in [0.25, 0.3) is 0 Å². The second-order valence-electron chi connectivity index (χ2n) is 4.62. The molecule has 0 atom stereocenters. The van der Waals surface area contributed by atoms with E-state index in [2.05, 4.69) is 15.9 Å². The van der Waals surface area contributed by atoms with Gasteiger partial charge in [0.25, 0.3) is 5.91 Å². The molecule has 0 spiro atoms. The van der Waals surface area contributed by atoms with Gasteiger partial charge >= 0.3 is 0 Å². The van der Waals surface area contributed by atoms with Gasteiger partial charge in [-0.05, 0) is 53.5 Å². The largest absolute Gasteiger partial charge is 0.508 e. The van der Waals surface area contributed by atoms with Gasteiger partial charge in [0.1, 0.15) is 11.6 Å². The van der Waals surface area contributed by atoms with Crippen LogP contribution in [0.3, 0.4) is 0 Å². The van der Waals surface area contributed by atoms with E-state index >= 15 is 0 Å². The zero-order chi connectivity index (χ0) is 15.6. The molecular formula is C16H15BrFNO2. The van der Waals surface area contributed by atoms with Crippen LogP contribution in [-0.4, -0.2) is 17.6 Å². The number of hydrogen-bond donors (Lipinski definition) is 1. The number of anilines is 1. The predicted octanol–water partition coefficient (Wildman–Crippen LogP) is 4.27. The van der Waals surface area contributed by atoms with E-state index in [0.717, 1.165) is 5.56 Å². The number of phenols is 1. The number of phenolic OH excluding ortho intramolecular Hbond substituents is 1. The van der Waals surface area contributed by atoms with Crippen LogP contribution < -0.4 is 4.90 Å². The Bertz CT molecular complexity index is 688. The van der Waals surface area contributed by atoms with E-state index in [4.69, 9.17) is 0 Å². The number of rotatable bonds is 3. The van der Waals surface area contributed by atoms with Gasteiger partial charge in [-0.15, -0.1) is 0 Å². The molecule has 0 aromatic heterocycles. The van der Waals surface area contributed by atoms with Gasteiger partial charge in [-0.1, -0.05) is 12.1 Å². The topological polar surface area (TPSA) is 40.5 Å². The Morgan fingerprint density at radius 1 is 1.33 bits per heavy atom. The van der Waals surface area contributed by atoms with Gasteiger partial charge in [-0.25, -0.2) is 4.39 Å². The highest BCUT2D eigenvalue weighted by molar-refractivity contribution is 9.10. The summed E-state index contributed by atoms with van der Waals surface area (Å²) in [5.41, 5.74) is 1.40. The third-order valence-electron chi connectivity index (χ3n) is 3.23. The summed E-state index contributed by atoms with van der Waals surface area (Å²) >= 11 is 3.08. The number of aromatic hydroxyl groups is 1. The maximum atomic E-state index is 14.1. The molecule has 2 aromatic carbocycles. The molecule has 2 aromatic rings. The molecule has 0 unspecified atom stereocenters. The number of hydrogen-bond acceptors (Lipinski definition) is 2.